The molecule has 1 fully saturated rings. The molecule has 34 heavy (non-hydrogen) atoms. The summed E-state index contributed by atoms with van der Waals surface area (Å²) in [7, 11) is -7.11. The van der Waals surface area contributed by atoms with E-state index in [1.54, 1.807) is 0 Å². The Labute approximate surface area is 231 Å². The zero-order valence-electron chi connectivity index (χ0n) is 24.7. The number of benzene rings is 1. The van der Waals surface area contributed by atoms with E-state index in [1.165, 1.54) is 34.7 Å². The summed E-state index contributed by atoms with van der Waals surface area (Å²) in [5.41, 5.74) is 3.83. The molecule has 0 spiro atoms. The molecule has 0 radical (unpaired) electrons. The van der Waals surface area contributed by atoms with Crippen molar-refractivity contribution in [1.29, 1.82) is 0 Å². The third kappa shape index (κ3) is 4.02. The molecular weight excluding hydrogens is 575 g/mol. The molecule has 0 amide bonds. The van der Waals surface area contributed by atoms with Crippen molar-refractivity contribution in [3.05, 3.63) is 28.8 Å². The predicted molar refractivity (Wildman–Crippen MR) is 177 cm³/mol. The lowest BCUT2D eigenvalue weighted by Crippen LogP contribution is -2.83. The maximum absolute atomic E-state index is 8.84. The zero-order valence-corrected chi connectivity index (χ0v) is 33.0. The van der Waals surface area contributed by atoms with Gasteiger partial charge in [0.1, 0.15) is 0 Å². The summed E-state index contributed by atoms with van der Waals surface area (Å²) in [5.74, 6) is 0. The molecule has 9 heteroatoms. The van der Waals surface area contributed by atoms with Gasteiger partial charge in [-0.2, -0.15) is 11.1 Å². The molecule has 0 atom stereocenters. The van der Waals surface area contributed by atoms with E-state index in [4.69, 9.17) is 33.2 Å². The van der Waals surface area contributed by atoms with Gasteiger partial charge in [0.05, 0.1) is 0 Å². The Morgan fingerprint density at radius 1 is 0.618 bits per heavy atom. The SMILES string of the molecule is Cc1cc(C)c([Si](Cl)(Cl)[Si]2(Cl)C([Si](C)(C)C)([Si](C)(C)C)CCC2([Si](C)(C)C)[Si](C)(C)C)c(C)c1. The van der Waals surface area contributed by atoms with Gasteiger partial charge in [0.2, 0.25) is 0 Å². The Bertz CT molecular complexity index is 854. The van der Waals surface area contributed by atoms with Gasteiger partial charge in [-0.1, -0.05) is 109 Å². The van der Waals surface area contributed by atoms with Crippen LogP contribution in [0.15, 0.2) is 12.1 Å². The van der Waals surface area contributed by atoms with Crippen molar-refractivity contribution in [2.24, 2.45) is 0 Å². The summed E-state index contributed by atoms with van der Waals surface area (Å²) in [6.45, 7) is 35.1. The van der Waals surface area contributed by atoms with Gasteiger partial charge in [-0.25, -0.2) is 0 Å². The lowest BCUT2D eigenvalue weighted by molar-refractivity contribution is 0.763. The van der Waals surface area contributed by atoms with Crippen LogP contribution in [0, 0.1) is 20.8 Å². The quantitative estimate of drug-likeness (QED) is 0.218. The van der Waals surface area contributed by atoms with Crippen LogP contribution in [-0.4, -0.2) is 45.4 Å². The average molecular weight is 627 g/mol. The first-order valence-electron chi connectivity index (χ1n) is 12.9. The molecule has 196 valence electrons. The molecule has 1 heterocycles. The minimum atomic E-state index is -3.10. The highest BCUT2D eigenvalue weighted by Gasteiger charge is 2.86. The molecule has 1 saturated heterocycles. The van der Waals surface area contributed by atoms with Gasteiger partial charge in [-0.3, -0.25) is 0 Å². The second-order valence-corrected chi connectivity index (χ2v) is 57.4. The predicted octanol–water partition coefficient (Wildman–Crippen LogP) is 9.79. The fraction of sp³-hybridized carbons (Fsp3) is 0.760. The Hall–Kier alpha value is 1.39. The standard InChI is InChI=1S/C25H51Cl3Si6/c1-20-18-21(2)23(22(3)19-20)33(26,27)34(28)24(29(4,5)6,30(7,8)9)16-17-25(34,31(10,11)12)32(13,14)15/h18-19H,16-17H2,1-15H3. The second-order valence-electron chi connectivity index (χ2n) is 15.3. The summed E-state index contributed by atoms with van der Waals surface area (Å²) in [6, 6.07) is 4.60. The van der Waals surface area contributed by atoms with E-state index in [0.29, 0.717) is 0 Å². The summed E-state index contributed by atoms with van der Waals surface area (Å²) < 4.78 is 0.378. The lowest BCUT2D eigenvalue weighted by Gasteiger charge is -2.67. The highest BCUT2D eigenvalue weighted by atomic mass is 35.7. The van der Waals surface area contributed by atoms with Crippen LogP contribution in [0.25, 0.3) is 0 Å². The molecule has 0 aromatic heterocycles. The van der Waals surface area contributed by atoms with Gasteiger partial charge in [0.25, 0.3) is 6.21 Å². The van der Waals surface area contributed by atoms with E-state index in [2.05, 4.69) is 111 Å². The number of rotatable bonds is 6. The molecule has 0 unspecified atom stereocenters. The van der Waals surface area contributed by atoms with E-state index in [9.17, 15) is 0 Å². The van der Waals surface area contributed by atoms with Gasteiger partial charge < -0.3 is 0 Å². The first-order valence-corrected chi connectivity index (χ1v) is 35.0. The fourth-order valence-electron chi connectivity index (χ4n) is 9.28. The van der Waals surface area contributed by atoms with Crippen molar-refractivity contribution in [2.75, 3.05) is 0 Å². The molecule has 1 aromatic rings. The third-order valence-electron chi connectivity index (χ3n) is 9.60. The molecule has 1 aliphatic rings. The van der Waals surface area contributed by atoms with Crippen molar-refractivity contribution in [3.8, 4) is 0 Å². The third-order valence-corrected chi connectivity index (χ3v) is 71.7. The van der Waals surface area contributed by atoms with Crippen molar-refractivity contribution in [2.45, 2.75) is 121 Å². The smallest absolute Gasteiger partial charge is 0.167 e. The molecule has 1 aromatic carbocycles. The van der Waals surface area contributed by atoms with Crippen LogP contribution in [0.4, 0.5) is 0 Å². The van der Waals surface area contributed by atoms with Crippen molar-refractivity contribution in [1.82, 2.24) is 0 Å². The Balaban J connectivity index is 3.29. The summed E-state index contributed by atoms with van der Waals surface area (Å²) in [4.78, 5) is 0. The molecular formula is C25H51Cl3Si6. The van der Waals surface area contributed by atoms with Crippen LogP contribution in [0.3, 0.4) is 0 Å². The lowest BCUT2D eigenvalue weighted by atomic mass is 10.1. The second kappa shape index (κ2) is 8.97. The minimum Gasteiger partial charge on any atom is -0.167 e. The van der Waals surface area contributed by atoms with Gasteiger partial charge >= 0.3 is 0 Å². The van der Waals surface area contributed by atoms with E-state index in [1.807, 2.05) is 0 Å². The topological polar surface area (TPSA) is 0 Å². The number of aryl methyl sites for hydroxylation is 3. The Morgan fingerprint density at radius 2 is 0.882 bits per heavy atom. The van der Waals surface area contributed by atoms with Crippen LogP contribution in [0.5, 0.6) is 0 Å². The maximum atomic E-state index is 8.84. The van der Waals surface area contributed by atoms with Crippen molar-refractivity contribution >= 4 is 83.8 Å². The van der Waals surface area contributed by atoms with Crippen molar-refractivity contribution in [3.63, 3.8) is 0 Å². The first-order chi connectivity index (χ1) is 14.8. The normalized spacial score (nSPS) is 21.1. The molecule has 0 N–H and O–H groups in total. The number of hydrogen-bond donors (Lipinski definition) is 0. The summed E-state index contributed by atoms with van der Waals surface area (Å²) >= 11 is 25.2. The van der Waals surface area contributed by atoms with Gasteiger partial charge in [-0.15, -0.1) is 22.2 Å². The fourth-order valence-corrected chi connectivity index (χ4v) is 107. The maximum Gasteiger partial charge on any atom is 0.285 e. The Kier molecular flexibility index (Phi) is 8.34. The van der Waals surface area contributed by atoms with Crippen LogP contribution in [-0.2, 0) is 0 Å². The molecule has 0 nitrogen and oxygen atoms in total. The first kappa shape index (κ1) is 31.6. The molecule has 1 aliphatic heterocycles. The summed E-state index contributed by atoms with van der Waals surface area (Å²) in [5, 5.41) is 1.27. The van der Waals surface area contributed by atoms with Crippen LogP contribution in [0.1, 0.15) is 29.5 Å². The van der Waals surface area contributed by atoms with E-state index in [-0.39, 0.29) is 8.57 Å². The van der Waals surface area contributed by atoms with Crippen LogP contribution in [0.2, 0.25) is 87.1 Å². The highest BCUT2D eigenvalue weighted by molar-refractivity contribution is 7.91. The number of halogens is 3. The minimum absolute atomic E-state index is 0.189. The zero-order chi connectivity index (χ0) is 27.1. The van der Waals surface area contributed by atoms with Gasteiger partial charge in [0, 0.05) is 32.3 Å². The Morgan fingerprint density at radius 3 is 1.12 bits per heavy atom. The average Bonchev–Trinajstić information content (AvgIpc) is 2.85. The van der Waals surface area contributed by atoms with Gasteiger partial charge in [-0.05, 0) is 45.7 Å². The molecule has 2 rings (SSSR count). The highest BCUT2D eigenvalue weighted by Crippen LogP contribution is 2.79. The molecule has 0 saturated carbocycles. The van der Waals surface area contributed by atoms with Crippen LogP contribution >= 0.6 is 33.2 Å². The van der Waals surface area contributed by atoms with E-state index in [0.717, 1.165) is 0 Å². The van der Waals surface area contributed by atoms with Gasteiger partial charge in [0.15, 0.2) is 6.90 Å². The molecule has 0 bridgehead atoms. The van der Waals surface area contributed by atoms with E-state index >= 15 is 0 Å². The van der Waals surface area contributed by atoms with E-state index < -0.39 is 45.4 Å². The van der Waals surface area contributed by atoms with Crippen molar-refractivity contribution < 1.29 is 0 Å². The summed E-state index contributed by atoms with van der Waals surface area (Å²) in [6.07, 6.45) is -0.576. The monoisotopic (exact) mass is 624 g/mol. The van der Waals surface area contributed by atoms with Crippen LogP contribution < -0.4 is 5.19 Å². The molecule has 0 aliphatic carbocycles. The number of hydrogen-bond acceptors (Lipinski definition) is 0. The largest absolute Gasteiger partial charge is 0.285 e.